The number of benzene rings is 2. The molecule has 4 rings (SSSR count). The molecule has 6 nitrogen and oxygen atoms in total. The molecule has 0 aliphatic carbocycles. The van der Waals surface area contributed by atoms with Crippen LogP contribution in [0.5, 0.6) is 0 Å². The second-order valence-corrected chi connectivity index (χ2v) is 8.32. The molecule has 1 atom stereocenters. The van der Waals surface area contributed by atoms with Crippen molar-refractivity contribution < 1.29 is 13.6 Å². The standard InChI is InChI=1S/C24H25F2N5OS.C2H6/c1-16(15-30-10-7-27-8-11-30)31-9-6-22(29-24(31)33)20-4-2-3-5-21(20)28-23(32)17-12-18(25)14-19(26)13-17;1-2/h2-6,9,12-14,22,27H,1,7-8,10-11,15H2,(H,28,32)(H,29,33);1-2H3. The Morgan fingerprint density at radius 1 is 1.14 bits per heavy atom. The molecule has 0 spiro atoms. The third kappa shape index (κ3) is 6.94. The van der Waals surface area contributed by atoms with Gasteiger partial charge in [-0.15, -0.1) is 0 Å². The number of amides is 1. The summed E-state index contributed by atoms with van der Waals surface area (Å²) in [7, 11) is 0. The first-order valence-corrected chi connectivity index (χ1v) is 12.1. The summed E-state index contributed by atoms with van der Waals surface area (Å²) in [5.41, 5.74) is 2.07. The van der Waals surface area contributed by atoms with Crippen molar-refractivity contribution in [1.82, 2.24) is 20.4 Å². The van der Waals surface area contributed by atoms with E-state index in [1.165, 1.54) is 0 Å². The molecule has 0 radical (unpaired) electrons. The van der Waals surface area contributed by atoms with Gasteiger partial charge in [-0.3, -0.25) is 14.6 Å². The highest BCUT2D eigenvalue weighted by Gasteiger charge is 2.24. The molecule has 0 bridgehead atoms. The van der Waals surface area contributed by atoms with Gasteiger partial charge in [-0.2, -0.15) is 0 Å². The van der Waals surface area contributed by atoms with Gasteiger partial charge in [0, 0.05) is 67.5 Å². The molecule has 3 N–H and O–H groups in total. The van der Waals surface area contributed by atoms with Crippen LogP contribution in [0.3, 0.4) is 0 Å². The summed E-state index contributed by atoms with van der Waals surface area (Å²) in [5.74, 6) is -2.22. The number of carbonyl (C=O) groups is 1. The molecule has 1 saturated heterocycles. The van der Waals surface area contributed by atoms with E-state index in [-0.39, 0.29) is 11.6 Å². The summed E-state index contributed by atoms with van der Waals surface area (Å²) < 4.78 is 27.0. The first kappa shape index (κ1) is 26.5. The number of rotatable bonds is 6. The molecule has 186 valence electrons. The molecule has 1 unspecified atom stereocenters. The molecule has 9 heteroatoms. The number of halogens is 2. The van der Waals surface area contributed by atoms with Gasteiger partial charge in [0.2, 0.25) is 0 Å². The predicted molar refractivity (Wildman–Crippen MR) is 140 cm³/mol. The van der Waals surface area contributed by atoms with Crippen LogP contribution in [-0.4, -0.2) is 53.5 Å². The van der Waals surface area contributed by atoms with E-state index in [9.17, 15) is 13.6 Å². The smallest absolute Gasteiger partial charge is 0.255 e. The number of carbonyl (C=O) groups excluding carboxylic acids is 1. The minimum atomic E-state index is -0.809. The Labute approximate surface area is 210 Å². The zero-order valence-electron chi connectivity index (χ0n) is 20.0. The van der Waals surface area contributed by atoms with Crippen molar-refractivity contribution in [3.63, 3.8) is 0 Å². The van der Waals surface area contributed by atoms with Gasteiger partial charge in [0.25, 0.3) is 5.91 Å². The molecule has 1 fully saturated rings. The van der Waals surface area contributed by atoms with Crippen LogP contribution in [0.15, 0.2) is 67.0 Å². The lowest BCUT2D eigenvalue weighted by molar-refractivity contribution is 0.102. The lowest BCUT2D eigenvalue weighted by Gasteiger charge is -2.35. The highest BCUT2D eigenvalue weighted by atomic mass is 32.1. The van der Waals surface area contributed by atoms with Gasteiger partial charge >= 0.3 is 0 Å². The molecule has 2 aliphatic heterocycles. The zero-order chi connectivity index (χ0) is 25.4. The highest BCUT2D eigenvalue weighted by molar-refractivity contribution is 7.80. The third-order valence-corrected chi connectivity index (χ3v) is 5.87. The molecular weight excluding hydrogens is 468 g/mol. The number of thiocarbonyl (C=S) groups is 1. The van der Waals surface area contributed by atoms with Crippen LogP contribution < -0.4 is 16.0 Å². The van der Waals surface area contributed by atoms with Crippen LogP contribution >= 0.6 is 12.2 Å². The van der Waals surface area contributed by atoms with Gasteiger partial charge in [-0.25, -0.2) is 8.78 Å². The summed E-state index contributed by atoms with van der Waals surface area (Å²) >= 11 is 5.59. The van der Waals surface area contributed by atoms with Crippen LogP contribution in [0.25, 0.3) is 0 Å². The Morgan fingerprint density at radius 3 is 2.46 bits per heavy atom. The van der Waals surface area contributed by atoms with Crippen molar-refractivity contribution in [2.24, 2.45) is 0 Å². The monoisotopic (exact) mass is 499 g/mol. The van der Waals surface area contributed by atoms with Crippen LogP contribution in [0, 0.1) is 11.6 Å². The van der Waals surface area contributed by atoms with Gasteiger partial charge in [-0.1, -0.05) is 38.6 Å². The average Bonchev–Trinajstić information content (AvgIpc) is 2.85. The van der Waals surface area contributed by atoms with E-state index in [0.29, 0.717) is 10.8 Å². The fourth-order valence-electron chi connectivity index (χ4n) is 3.89. The number of hydrogen-bond donors (Lipinski definition) is 3. The number of nitrogens with one attached hydrogen (secondary N) is 3. The first-order chi connectivity index (χ1) is 16.9. The number of anilines is 1. The number of nitrogens with zero attached hydrogens (tertiary/aromatic N) is 2. The molecule has 35 heavy (non-hydrogen) atoms. The van der Waals surface area contributed by atoms with Crippen molar-refractivity contribution in [2.45, 2.75) is 19.9 Å². The van der Waals surface area contributed by atoms with Crippen molar-refractivity contribution in [3.05, 3.63) is 89.8 Å². The predicted octanol–water partition coefficient (Wildman–Crippen LogP) is 4.41. The van der Waals surface area contributed by atoms with E-state index in [1.54, 1.807) is 12.1 Å². The summed E-state index contributed by atoms with van der Waals surface area (Å²) in [6.45, 7) is 12.7. The largest absolute Gasteiger partial charge is 0.352 e. The molecule has 2 aliphatic rings. The average molecular weight is 500 g/mol. The summed E-state index contributed by atoms with van der Waals surface area (Å²) in [4.78, 5) is 16.8. The van der Waals surface area contributed by atoms with Gasteiger partial charge in [0.15, 0.2) is 5.11 Å². The van der Waals surface area contributed by atoms with E-state index in [2.05, 4.69) is 27.4 Å². The lowest BCUT2D eigenvalue weighted by atomic mass is 10.0. The van der Waals surface area contributed by atoms with E-state index in [0.717, 1.165) is 62.2 Å². The molecule has 1 amide bonds. The molecule has 0 saturated carbocycles. The number of para-hydroxylation sites is 1. The van der Waals surface area contributed by atoms with Gasteiger partial charge in [0.05, 0.1) is 6.04 Å². The third-order valence-electron chi connectivity index (χ3n) is 5.55. The van der Waals surface area contributed by atoms with Crippen molar-refractivity contribution in [1.29, 1.82) is 0 Å². The SMILES string of the molecule is C=C(CN1CCNCC1)N1C=CC(c2ccccc2NC(=O)c2cc(F)cc(F)c2)NC1=S.CC. The van der Waals surface area contributed by atoms with Gasteiger partial charge in [0.1, 0.15) is 11.6 Å². The van der Waals surface area contributed by atoms with E-state index < -0.39 is 17.5 Å². The number of hydrogen-bond acceptors (Lipinski definition) is 4. The molecule has 0 aromatic heterocycles. The second kappa shape index (κ2) is 12.5. The summed E-state index contributed by atoms with van der Waals surface area (Å²) in [6, 6.07) is 9.65. The van der Waals surface area contributed by atoms with E-state index >= 15 is 0 Å². The van der Waals surface area contributed by atoms with Crippen LogP contribution in [0.4, 0.5) is 14.5 Å². The second-order valence-electron chi connectivity index (χ2n) is 7.93. The maximum absolute atomic E-state index is 13.5. The lowest BCUT2D eigenvalue weighted by Crippen LogP contribution is -2.47. The van der Waals surface area contributed by atoms with Crippen molar-refractivity contribution in [2.75, 3.05) is 38.0 Å². The van der Waals surface area contributed by atoms with Crippen LogP contribution in [-0.2, 0) is 0 Å². The Hall–Kier alpha value is -3.14. The van der Waals surface area contributed by atoms with Gasteiger partial charge in [-0.05, 0) is 36.5 Å². The minimum absolute atomic E-state index is 0.0969. The summed E-state index contributed by atoms with van der Waals surface area (Å²) in [5, 5.41) is 9.87. The molecule has 2 aromatic rings. The Bertz CT molecular complexity index is 1080. The van der Waals surface area contributed by atoms with Crippen molar-refractivity contribution >= 4 is 28.9 Å². The zero-order valence-corrected chi connectivity index (χ0v) is 20.8. The Balaban J connectivity index is 0.00000167. The number of piperazine rings is 1. The summed E-state index contributed by atoms with van der Waals surface area (Å²) in [6.07, 6.45) is 3.82. The van der Waals surface area contributed by atoms with Crippen LogP contribution in [0.2, 0.25) is 0 Å². The fraction of sp³-hybridized carbons (Fsp3) is 0.308. The quantitative estimate of drug-likeness (QED) is 0.512. The maximum Gasteiger partial charge on any atom is 0.255 e. The topological polar surface area (TPSA) is 59.6 Å². The Kier molecular flexibility index (Phi) is 9.47. The molecular formula is C26H31F2N5OS. The van der Waals surface area contributed by atoms with Crippen LogP contribution in [0.1, 0.15) is 35.8 Å². The normalized spacial score (nSPS) is 17.8. The first-order valence-electron chi connectivity index (χ1n) is 11.7. The maximum atomic E-state index is 13.5. The Morgan fingerprint density at radius 2 is 1.80 bits per heavy atom. The molecule has 2 aromatic carbocycles. The van der Waals surface area contributed by atoms with Crippen molar-refractivity contribution in [3.8, 4) is 0 Å². The van der Waals surface area contributed by atoms with E-state index in [1.807, 2.05) is 43.2 Å². The highest BCUT2D eigenvalue weighted by Crippen LogP contribution is 2.28. The van der Waals surface area contributed by atoms with Gasteiger partial charge < -0.3 is 16.0 Å². The molecule has 2 heterocycles. The minimum Gasteiger partial charge on any atom is -0.352 e. The van der Waals surface area contributed by atoms with E-state index in [4.69, 9.17) is 12.2 Å². The fourth-order valence-corrected chi connectivity index (χ4v) is 4.20.